The normalized spacial score (nSPS) is 15.2. The van der Waals surface area contributed by atoms with Gasteiger partial charge in [0.1, 0.15) is 11.2 Å². The van der Waals surface area contributed by atoms with Gasteiger partial charge in [-0.2, -0.15) is 13.8 Å². The van der Waals surface area contributed by atoms with Crippen molar-refractivity contribution < 1.29 is 36.3 Å². The van der Waals surface area contributed by atoms with E-state index in [1.165, 1.54) is 24.1 Å². The molecule has 1 fully saturated rings. The second kappa shape index (κ2) is 11.9. The van der Waals surface area contributed by atoms with Crippen LogP contribution >= 0.6 is 0 Å². The predicted octanol–water partition coefficient (Wildman–Crippen LogP) is 4.63. The molecule has 0 saturated heterocycles. The lowest BCUT2D eigenvalue weighted by molar-refractivity contribution is -0.125. The van der Waals surface area contributed by atoms with Crippen LogP contribution in [0.3, 0.4) is 0 Å². The van der Waals surface area contributed by atoms with E-state index in [0.717, 1.165) is 18.2 Å². The fraction of sp³-hybridized carbons (Fsp3) is 0.480. The van der Waals surface area contributed by atoms with E-state index >= 15 is 0 Å². The van der Waals surface area contributed by atoms with E-state index in [9.17, 15) is 26.8 Å². The number of aromatic nitrogens is 1. The Kier molecular flexibility index (Phi) is 9.13. The first-order valence-corrected chi connectivity index (χ1v) is 14.0. The maximum absolute atomic E-state index is 14.0. The van der Waals surface area contributed by atoms with Crippen molar-refractivity contribution >= 4 is 33.3 Å². The van der Waals surface area contributed by atoms with Gasteiger partial charge in [0.15, 0.2) is 0 Å². The number of urea groups is 1. The highest BCUT2D eigenvalue weighted by atomic mass is 32.2. The van der Waals surface area contributed by atoms with Crippen LogP contribution in [0.25, 0.3) is 0 Å². The number of para-hydroxylation sites is 1. The molecule has 1 aliphatic rings. The number of benzene rings is 1. The van der Waals surface area contributed by atoms with Crippen molar-refractivity contribution in [2.24, 2.45) is 0 Å². The van der Waals surface area contributed by atoms with E-state index in [2.05, 4.69) is 19.8 Å². The fourth-order valence-corrected chi connectivity index (χ4v) is 5.17. The topological polar surface area (TPSA) is 127 Å². The minimum atomic E-state index is -3.95. The number of carbonyl (C=O) groups excluding carboxylic acids is 2. The van der Waals surface area contributed by atoms with Crippen molar-refractivity contribution in [1.82, 2.24) is 9.71 Å². The van der Waals surface area contributed by atoms with Crippen LogP contribution in [0.2, 0.25) is 0 Å². The van der Waals surface area contributed by atoms with Crippen molar-refractivity contribution in [3.05, 3.63) is 42.0 Å². The molecular formula is C25H32F2N4O6S. The third-order valence-electron chi connectivity index (χ3n) is 6.30. The third kappa shape index (κ3) is 6.69. The number of sulfonamides is 1. The van der Waals surface area contributed by atoms with E-state index in [1.807, 2.05) is 19.9 Å². The average Bonchev–Trinajstić information content (AvgIpc) is 2.84. The first kappa shape index (κ1) is 29.1. The number of nitrogens with zero attached hydrogens (tertiary/aromatic N) is 2. The van der Waals surface area contributed by atoms with Gasteiger partial charge >= 0.3 is 12.6 Å². The summed E-state index contributed by atoms with van der Waals surface area (Å²) in [5.41, 5.74) is -0.627. The van der Waals surface area contributed by atoms with Crippen LogP contribution in [0.4, 0.5) is 25.0 Å². The summed E-state index contributed by atoms with van der Waals surface area (Å²) in [5.74, 6) is -1.51. The first-order valence-electron chi connectivity index (χ1n) is 12.1. The Balaban J connectivity index is 2.19. The number of hydrogen-bond donors (Lipinski definition) is 2. The molecule has 13 heteroatoms. The summed E-state index contributed by atoms with van der Waals surface area (Å²) in [5, 5.41) is 2.55. The molecule has 1 aliphatic carbocycles. The number of rotatable bonds is 9. The monoisotopic (exact) mass is 554 g/mol. The van der Waals surface area contributed by atoms with Gasteiger partial charge in [-0.3, -0.25) is 14.4 Å². The van der Waals surface area contributed by atoms with Crippen LogP contribution in [0.1, 0.15) is 57.4 Å². The molecule has 2 N–H and O–H groups in total. The maximum Gasteiger partial charge on any atom is 0.388 e. The third-order valence-corrected chi connectivity index (χ3v) is 6.85. The second-order valence-electron chi connectivity index (χ2n) is 9.36. The number of anilines is 2. The Labute approximate surface area is 220 Å². The Bertz CT molecular complexity index is 1270. The minimum absolute atomic E-state index is 0.0167. The highest BCUT2D eigenvalue weighted by Crippen LogP contribution is 2.41. The second-order valence-corrected chi connectivity index (χ2v) is 11.1. The number of nitrogens with one attached hydrogen (secondary N) is 2. The lowest BCUT2D eigenvalue weighted by Gasteiger charge is -2.45. The van der Waals surface area contributed by atoms with Crippen molar-refractivity contribution in [1.29, 1.82) is 0 Å². The van der Waals surface area contributed by atoms with Gasteiger partial charge in [0.05, 0.1) is 19.1 Å². The predicted molar refractivity (Wildman–Crippen MR) is 138 cm³/mol. The lowest BCUT2D eigenvalue weighted by Crippen LogP contribution is -2.63. The van der Waals surface area contributed by atoms with Crippen molar-refractivity contribution in [2.45, 2.75) is 64.0 Å². The molecule has 1 aromatic heterocycles. The van der Waals surface area contributed by atoms with Crippen molar-refractivity contribution in [3.63, 3.8) is 0 Å². The molecule has 2 aromatic rings. The Morgan fingerprint density at radius 2 is 1.74 bits per heavy atom. The Morgan fingerprint density at radius 1 is 1.08 bits per heavy atom. The van der Waals surface area contributed by atoms with Crippen molar-refractivity contribution in [3.8, 4) is 11.8 Å². The smallest absolute Gasteiger partial charge is 0.388 e. The maximum atomic E-state index is 14.0. The molecule has 0 bridgehead atoms. The zero-order chi connectivity index (χ0) is 28.1. The molecule has 1 heterocycles. The number of ether oxygens (including phenoxy) is 2. The Morgan fingerprint density at radius 3 is 2.32 bits per heavy atom. The van der Waals surface area contributed by atoms with E-state index in [0.29, 0.717) is 18.5 Å². The van der Waals surface area contributed by atoms with E-state index in [4.69, 9.17) is 4.74 Å². The van der Waals surface area contributed by atoms with Crippen LogP contribution < -0.4 is 24.4 Å². The quantitative estimate of drug-likeness (QED) is 0.463. The molecular weight excluding hydrogens is 522 g/mol. The molecule has 1 saturated carbocycles. The van der Waals surface area contributed by atoms with Crippen LogP contribution in [-0.4, -0.2) is 50.9 Å². The molecule has 3 rings (SSSR count). The van der Waals surface area contributed by atoms with Crippen LogP contribution in [0.5, 0.6) is 11.8 Å². The van der Waals surface area contributed by atoms with Crippen LogP contribution in [-0.2, 0) is 14.8 Å². The van der Waals surface area contributed by atoms with Gasteiger partial charge < -0.3 is 14.8 Å². The molecule has 10 nitrogen and oxygen atoms in total. The molecule has 0 radical (unpaired) electrons. The number of methoxy groups -OCH3 is 1. The molecule has 1 aromatic carbocycles. The van der Waals surface area contributed by atoms with E-state index in [1.54, 1.807) is 18.2 Å². The molecule has 0 aliphatic heterocycles. The van der Waals surface area contributed by atoms with E-state index in [-0.39, 0.29) is 30.3 Å². The standard InChI is InChI=1S/C25H32F2N4O6S/c1-16(2)17-10-6-7-11-19(17)31(25(14-8-5-9-15-25)22(32)30-38(4,34)35)24(33)28-18-12-13-20(36-3)29-21(18)37-23(26)27/h6-7,10-13,16,23H,5,8-9,14-15H2,1-4H3,(H,28,33)(H,30,32). The summed E-state index contributed by atoms with van der Waals surface area (Å²) in [7, 11) is -2.65. The molecule has 0 unspecified atom stereocenters. The number of hydrogen-bond acceptors (Lipinski definition) is 7. The van der Waals surface area contributed by atoms with E-state index < -0.39 is 40.0 Å². The zero-order valence-corrected chi connectivity index (χ0v) is 22.5. The number of alkyl halides is 2. The minimum Gasteiger partial charge on any atom is -0.481 e. The highest BCUT2D eigenvalue weighted by molar-refractivity contribution is 7.89. The van der Waals surface area contributed by atoms with Crippen LogP contribution in [0, 0.1) is 0 Å². The van der Waals surface area contributed by atoms with Gasteiger partial charge in [-0.05, 0) is 36.5 Å². The molecule has 0 atom stereocenters. The van der Waals surface area contributed by atoms with Crippen LogP contribution in [0.15, 0.2) is 36.4 Å². The lowest BCUT2D eigenvalue weighted by atomic mass is 9.79. The summed E-state index contributed by atoms with van der Waals surface area (Å²) in [6, 6.07) is 8.78. The fourth-order valence-electron chi connectivity index (χ4n) is 4.64. The number of halogens is 2. The van der Waals surface area contributed by atoms with Gasteiger partial charge in [0.25, 0.3) is 5.91 Å². The number of carbonyl (C=O) groups is 2. The highest BCUT2D eigenvalue weighted by Gasteiger charge is 2.49. The Hall–Kier alpha value is -3.48. The summed E-state index contributed by atoms with van der Waals surface area (Å²) < 4.78 is 61.9. The summed E-state index contributed by atoms with van der Waals surface area (Å²) in [4.78, 5) is 32.8. The average molecular weight is 555 g/mol. The number of amides is 3. The SMILES string of the molecule is COc1ccc(NC(=O)N(c2ccccc2C(C)C)C2(C(=O)NS(C)(=O)=O)CCCCC2)c(OC(F)F)n1. The van der Waals surface area contributed by atoms with Gasteiger partial charge in [0, 0.05) is 6.07 Å². The molecule has 3 amide bonds. The van der Waals surface area contributed by atoms with Crippen molar-refractivity contribution in [2.75, 3.05) is 23.6 Å². The molecule has 208 valence electrons. The summed E-state index contributed by atoms with van der Waals surface area (Å²) >= 11 is 0. The van der Waals surface area contributed by atoms with Gasteiger partial charge in [-0.1, -0.05) is 51.3 Å². The molecule has 0 spiro atoms. The molecule has 38 heavy (non-hydrogen) atoms. The van der Waals surface area contributed by atoms with Gasteiger partial charge in [-0.15, -0.1) is 0 Å². The van der Waals surface area contributed by atoms with Gasteiger partial charge in [0.2, 0.25) is 21.8 Å². The first-order chi connectivity index (χ1) is 17.9. The number of pyridine rings is 1. The summed E-state index contributed by atoms with van der Waals surface area (Å²) in [6.07, 6.45) is 3.17. The largest absolute Gasteiger partial charge is 0.481 e. The zero-order valence-electron chi connectivity index (χ0n) is 21.7. The summed E-state index contributed by atoms with van der Waals surface area (Å²) in [6.45, 7) is 0.607. The van der Waals surface area contributed by atoms with Gasteiger partial charge in [-0.25, -0.2) is 13.2 Å².